The number of carbonyl (C=O) groups is 1. The third kappa shape index (κ3) is 4.93. The molecule has 0 aliphatic rings. The van der Waals surface area contributed by atoms with E-state index in [9.17, 15) is 9.90 Å². The molecule has 0 radical (unpaired) electrons. The Hall–Kier alpha value is -2.13. The van der Waals surface area contributed by atoms with Crippen molar-refractivity contribution in [2.75, 3.05) is 0 Å². The monoisotopic (exact) mass is 311 g/mol. The van der Waals surface area contributed by atoms with Crippen LogP contribution in [0.15, 0.2) is 54.6 Å². The number of amides is 1. The van der Waals surface area contributed by atoms with E-state index in [2.05, 4.69) is 5.32 Å². The lowest BCUT2D eigenvalue weighted by Gasteiger charge is -2.19. The summed E-state index contributed by atoms with van der Waals surface area (Å²) in [5, 5.41) is 13.4. The van der Waals surface area contributed by atoms with Gasteiger partial charge in [-0.25, -0.2) is 0 Å². The Morgan fingerprint density at radius 3 is 2.17 bits per heavy atom. The van der Waals surface area contributed by atoms with E-state index in [1.54, 1.807) is 0 Å². The van der Waals surface area contributed by atoms with Crippen molar-refractivity contribution in [3.05, 3.63) is 71.3 Å². The van der Waals surface area contributed by atoms with E-state index in [1.165, 1.54) is 0 Å². The maximum atomic E-state index is 12.0. The topological polar surface area (TPSA) is 49.3 Å². The van der Waals surface area contributed by atoms with Gasteiger partial charge in [-0.1, -0.05) is 75.4 Å². The molecule has 122 valence electrons. The van der Waals surface area contributed by atoms with Gasteiger partial charge in [-0.2, -0.15) is 0 Å². The molecule has 0 aromatic heterocycles. The molecule has 0 bridgehead atoms. The Bertz CT molecular complexity index is 644. The lowest BCUT2D eigenvalue weighted by molar-refractivity contribution is -0.128. The highest BCUT2D eigenvalue weighted by molar-refractivity contribution is 5.81. The van der Waals surface area contributed by atoms with E-state index in [4.69, 9.17) is 0 Å². The van der Waals surface area contributed by atoms with Gasteiger partial charge in [0.2, 0.25) is 5.91 Å². The molecule has 0 saturated heterocycles. The molecule has 0 spiro atoms. The normalized spacial score (nSPS) is 12.7. The molecule has 3 heteroatoms. The van der Waals surface area contributed by atoms with Crippen molar-refractivity contribution in [1.29, 1.82) is 0 Å². The van der Waals surface area contributed by atoms with Gasteiger partial charge in [0.25, 0.3) is 0 Å². The Balaban J connectivity index is 2.07. The first-order chi connectivity index (χ1) is 10.9. The molecule has 1 amide bonds. The van der Waals surface area contributed by atoms with Gasteiger partial charge in [0, 0.05) is 18.4 Å². The van der Waals surface area contributed by atoms with Crippen molar-refractivity contribution in [3.63, 3.8) is 0 Å². The molecule has 0 heterocycles. The minimum absolute atomic E-state index is 0.0240. The fourth-order valence-corrected chi connectivity index (χ4v) is 2.37. The van der Waals surface area contributed by atoms with E-state index in [0.717, 1.165) is 16.7 Å². The lowest BCUT2D eigenvalue weighted by Crippen LogP contribution is -2.34. The van der Waals surface area contributed by atoms with Crippen LogP contribution in [0.25, 0.3) is 0 Å². The van der Waals surface area contributed by atoms with Gasteiger partial charge in [-0.15, -0.1) is 0 Å². The van der Waals surface area contributed by atoms with Gasteiger partial charge in [0.15, 0.2) is 0 Å². The fraction of sp³-hybridized carbons (Fsp3) is 0.350. The first-order valence-corrected chi connectivity index (χ1v) is 7.96. The molecular formula is C20H25NO2. The molecule has 2 N–H and O–H groups in total. The largest absolute Gasteiger partial charge is 0.388 e. The van der Waals surface area contributed by atoms with Gasteiger partial charge in [0.05, 0.1) is 6.10 Å². The summed E-state index contributed by atoms with van der Waals surface area (Å²) in [5.74, 6) is 0.0240. The number of nitrogens with one attached hydrogen (secondary N) is 1. The van der Waals surface area contributed by atoms with Crippen molar-refractivity contribution < 1.29 is 9.90 Å². The highest BCUT2D eigenvalue weighted by Gasteiger charge is 2.21. The Labute approximate surface area is 138 Å². The second kappa shape index (κ2) is 7.42. The average molecular weight is 311 g/mol. The summed E-state index contributed by atoms with van der Waals surface area (Å²) in [7, 11) is 0. The van der Waals surface area contributed by atoms with Crippen LogP contribution < -0.4 is 5.32 Å². The van der Waals surface area contributed by atoms with E-state index < -0.39 is 11.5 Å². The summed E-state index contributed by atoms with van der Waals surface area (Å²) in [6.07, 6.45) is -0.0124. The quantitative estimate of drug-likeness (QED) is 0.886. The van der Waals surface area contributed by atoms with Crippen LogP contribution in [-0.2, 0) is 17.8 Å². The Morgan fingerprint density at radius 1 is 1.00 bits per heavy atom. The zero-order chi connectivity index (χ0) is 16.9. The summed E-state index contributed by atoms with van der Waals surface area (Å²) in [4.78, 5) is 12.0. The van der Waals surface area contributed by atoms with E-state index in [1.807, 2.05) is 75.4 Å². The van der Waals surface area contributed by atoms with Crippen molar-refractivity contribution in [2.45, 2.75) is 39.8 Å². The molecular weight excluding hydrogens is 286 g/mol. The van der Waals surface area contributed by atoms with Gasteiger partial charge >= 0.3 is 0 Å². The number of carbonyl (C=O) groups excluding carboxylic acids is 1. The van der Waals surface area contributed by atoms with Gasteiger partial charge in [-0.3, -0.25) is 4.79 Å². The van der Waals surface area contributed by atoms with Crippen LogP contribution >= 0.6 is 0 Å². The second-order valence-corrected chi connectivity index (χ2v) is 6.83. The maximum absolute atomic E-state index is 12.0. The highest BCUT2D eigenvalue weighted by Crippen LogP contribution is 2.21. The minimum Gasteiger partial charge on any atom is -0.388 e. The summed E-state index contributed by atoms with van der Waals surface area (Å²) in [6.45, 7) is 6.17. The molecule has 0 aliphatic carbocycles. The molecule has 2 aromatic carbocycles. The molecule has 0 fully saturated rings. The molecule has 3 nitrogen and oxygen atoms in total. The summed E-state index contributed by atoms with van der Waals surface area (Å²) < 4.78 is 0. The third-order valence-electron chi connectivity index (χ3n) is 3.84. The number of benzene rings is 2. The summed E-state index contributed by atoms with van der Waals surface area (Å²) in [6, 6.07) is 17.6. The zero-order valence-electron chi connectivity index (χ0n) is 14.0. The van der Waals surface area contributed by atoms with Crippen molar-refractivity contribution in [1.82, 2.24) is 5.32 Å². The van der Waals surface area contributed by atoms with Crippen molar-refractivity contribution >= 4 is 5.91 Å². The van der Waals surface area contributed by atoms with Crippen LogP contribution in [0.5, 0.6) is 0 Å². The molecule has 0 saturated carbocycles. The molecule has 23 heavy (non-hydrogen) atoms. The SMILES string of the molecule is CC(C)(C)C(=O)NCc1ccccc1CC(O)c1ccccc1. The fourth-order valence-electron chi connectivity index (χ4n) is 2.37. The zero-order valence-corrected chi connectivity index (χ0v) is 14.0. The Kier molecular flexibility index (Phi) is 5.56. The molecule has 2 aromatic rings. The third-order valence-corrected chi connectivity index (χ3v) is 3.84. The first kappa shape index (κ1) is 17.2. The number of aliphatic hydroxyl groups is 1. The average Bonchev–Trinajstić information content (AvgIpc) is 2.53. The number of rotatable bonds is 5. The highest BCUT2D eigenvalue weighted by atomic mass is 16.3. The van der Waals surface area contributed by atoms with E-state index >= 15 is 0 Å². The smallest absolute Gasteiger partial charge is 0.225 e. The molecule has 1 atom stereocenters. The number of aliphatic hydroxyl groups excluding tert-OH is 1. The summed E-state index contributed by atoms with van der Waals surface area (Å²) >= 11 is 0. The molecule has 2 rings (SSSR count). The maximum Gasteiger partial charge on any atom is 0.225 e. The van der Waals surface area contributed by atoms with Crippen LogP contribution in [0, 0.1) is 5.41 Å². The van der Waals surface area contributed by atoms with Crippen LogP contribution in [0.4, 0.5) is 0 Å². The standard InChI is InChI=1S/C20H25NO2/c1-20(2,3)19(23)21-14-17-12-8-7-11-16(17)13-18(22)15-9-5-4-6-10-15/h4-12,18,22H,13-14H2,1-3H3,(H,21,23). The van der Waals surface area contributed by atoms with Crippen LogP contribution in [0.2, 0.25) is 0 Å². The second-order valence-electron chi connectivity index (χ2n) is 6.83. The number of hydrogen-bond acceptors (Lipinski definition) is 2. The number of hydrogen-bond donors (Lipinski definition) is 2. The van der Waals surface area contributed by atoms with E-state index in [-0.39, 0.29) is 5.91 Å². The molecule has 0 aliphatic heterocycles. The predicted octanol–water partition coefficient (Wildman–Crippen LogP) is 3.63. The van der Waals surface area contributed by atoms with Gasteiger partial charge < -0.3 is 10.4 Å². The van der Waals surface area contributed by atoms with Crippen LogP contribution in [0.3, 0.4) is 0 Å². The van der Waals surface area contributed by atoms with Crippen LogP contribution in [-0.4, -0.2) is 11.0 Å². The molecule has 1 unspecified atom stereocenters. The Morgan fingerprint density at radius 2 is 1.57 bits per heavy atom. The van der Waals surface area contributed by atoms with Crippen molar-refractivity contribution in [3.8, 4) is 0 Å². The summed E-state index contributed by atoms with van der Waals surface area (Å²) in [5.41, 5.74) is 2.59. The van der Waals surface area contributed by atoms with Crippen molar-refractivity contribution in [2.24, 2.45) is 5.41 Å². The van der Waals surface area contributed by atoms with Crippen LogP contribution in [0.1, 0.15) is 43.6 Å². The van der Waals surface area contributed by atoms with Gasteiger partial charge in [-0.05, 0) is 16.7 Å². The lowest BCUT2D eigenvalue weighted by atomic mass is 9.94. The predicted molar refractivity (Wildman–Crippen MR) is 92.8 cm³/mol. The first-order valence-electron chi connectivity index (χ1n) is 7.96. The van der Waals surface area contributed by atoms with Gasteiger partial charge in [0.1, 0.15) is 0 Å². The minimum atomic E-state index is -0.546. The van der Waals surface area contributed by atoms with E-state index in [0.29, 0.717) is 13.0 Å².